The first-order valence-electron chi connectivity index (χ1n) is 7.52. The minimum absolute atomic E-state index is 0.106. The topological polar surface area (TPSA) is 13.1 Å². The van der Waals surface area contributed by atoms with Gasteiger partial charge in [-0.05, 0) is 29.2 Å². The van der Waals surface area contributed by atoms with E-state index in [0.29, 0.717) is 0 Å². The Morgan fingerprint density at radius 2 is 1.71 bits per heavy atom. The normalized spacial score (nSPS) is 18.0. The van der Waals surface area contributed by atoms with Crippen LogP contribution in [0.4, 0.5) is 0 Å². The maximum absolute atomic E-state index is 6.22. The minimum Gasteiger partial charge on any atom is -0.456 e. The second-order valence-corrected chi connectivity index (χ2v) is 6.61. The number of para-hydroxylation sites is 1. The van der Waals surface area contributed by atoms with Crippen molar-refractivity contribution in [2.75, 3.05) is 0 Å². The molecule has 0 aliphatic heterocycles. The minimum atomic E-state index is 0.106. The summed E-state index contributed by atoms with van der Waals surface area (Å²) in [5, 5.41) is 1.27. The Bertz CT molecular complexity index is 937. The molecule has 3 aromatic rings. The first-order chi connectivity index (χ1) is 10.2. The van der Waals surface area contributed by atoms with Gasteiger partial charge in [-0.1, -0.05) is 56.3 Å². The molecule has 5 rings (SSSR count). The zero-order valence-corrected chi connectivity index (χ0v) is 12.2. The van der Waals surface area contributed by atoms with Crippen LogP contribution in [0.15, 0.2) is 58.5 Å². The number of benzene rings is 2. The van der Waals surface area contributed by atoms with Crippen LogP contribution in [0.5, 0.6) is 0 Å². The summed E-state index contributed by atoms with van der Waals surface area (Å²) in [6.07, 6.45) is 1.02. The lowest BCUT2D eigenvalue weighted by atomic mass is 9.79. The molecule has 1 aromatic heterocycles. The number of hydrogen-bond donors (Lipinski definition) is 0. The largest absolute Gasteiger partial charge is 0.456 e. The molecule has 0 amide bonds. The summed E-state index contributed by atoms with van der Waals surface area (Å²) in [7, 11) is 0. The van der Waals surface area contributed by atoms with E-state index in [2.05, 4.69) is 56.3 Å². The molecule has 21 heavy (non-hydrogen) atoms. The SMILES string of the molecule is CC1(C)C2=C(c3ccccc31)c1oc3ccccc3c1C2. The quantitative estimate of drug-likeness (QED) is 0.556. The molecule has 0 saturated carbocycles. The maximum Gasteiger partial charge on any atom is 0.139 e. The molecule has 0 atom stereocenters. The fourth-order valence-electron chi connectivity index (χ4n) is 4.11. The molecule has 2 aliphatic rings. The average Bonchev–Trinajstić information content (AvgIpc) is 3.08. The molecule has 0 bridgehead atoms. The van der Waals surface area contributed by atoms with Crippen LogP contribution >= 0.6 is 0 Å². The number of allylic oxidation sites excluding steroid dienone is 1. The van der Waals surface area contributed by atoms with Crippen LogP contribution in [0.2, 0.25) is 0 Å². The van der Waals surface area contributed by atoms with Crippen molar-refractivity contribution >= 4 is 16.5 Å². The fourth-order valence-corrected chi connectivity index (χ4v) is 4.11. The van der Waals surface area contributed by atoms with Crippen molar-refractivity contribution in [1.82, 2.24) is 0 Å². The summed E-state index contributed by atoms with van der Waals surface area (Å²) in [5.74, 6) is 1.10. The average molecular weight is 272 g/mol. The molecule has 0 unspecified atom stereocenters. The molecule has 2 aliphatic carbocycles. The molecule has 1 heteroatoms. The van der Waals surface area contributed by atoms with Crippen molar-refractivity contribution < 1.29 is 4.42 Å². The van der Waals surface area contributed by atoms with E-state index in [9.17, 15) is 0 Å². The van der Waals surface area contributed by atoms with Crippen LogP contribution < -0.4 is 0 Å². The van der Waals surface area contributed by atoms with Crippen LogP contribution in [0.1, 0.15) is 36.3 Å². The van der Waals surface area contributed by atoms with Gasteiger partial charge in [0, 0.05) is 21.9 Å². The molecule has 0 spiro atoms. The molecule has 0 saturated heterocycles. The lowest BCUT2D eigenvalue weighted by Gasteiger charge is -2.23. The lowest BCUT2D eigenvalue weighted by Crippen LogP contribution is -2.18. The van der Waals surface area contributed by atoms with E-state index in [1.54, 1.807) is 0 Å². The highest BCUT2D eigenvalue weighted by Gasteiger charge is 2.43. The zero-order chi connectivity index (χ0) is 14.2. The van der Waals surface area contributed by atoms with E-state index >= 15 is 0 Å². The highest BCUT2D eigenvalue weighted by Crippen LogP contribution is 2.55. The molecule has 0 fully saturated rings. The summed E-state index contributed by atoms with van der Waals surface area (Å²) in [6.45, 7) is 4.67. The molecule has 102 valence electrons. The molecule has 0 radical (unpaired) electrons. The molecular formula is C20H16O. The third-order valence-corrected chi connectivity index (χ3v) is 5.20. The molecule has 1 heterocycles. The van der Waals surface area contributed by atoms with Gasteiger partial charge in [0.2, 0.25) is 0 Å². The predicted molar refractivity (Wildman–Crippen MR) is 85.4 cm³/mol. The van der Waals surface area contributed by atoms with E-state index in [-0.39, 0.29) is 5.41 Å². The molecular weight excluding hydrogens is 256 g/mol. The van der Waals surface area contributed by atoms with E-state index in [4.69, 9.17) is 4.42 Å². The molecule has 2 aromatic carbocycles. The highest BCUT2D eigenvalue weighted by atomic mass is 16.3. The fraction of sp³-hybridized carbons (Fsp3) is 0.200. The van der Waals surface area contributed by atoms with Gasteiger partial charge in [0.1, 0.15) is 11.3 Å². The van der Waals surface area contributed by atoms with Crippen LogP contribution in [-0.4, -0.2) is 0 Å². The van der Waals surface area contributed by atoms with Gasteiger partial charge in [0.05, 0.1) is 0 Å². The van der Waals surface area contributed by atoms with E-state index < -0.39 is 0 Å². The van der Waals surface area contributed by atoms with E-state index in [1.165, 1.54) is 33.2 Å². The van der Waals surface area contributed by atoms with Crippen molar-refractivity contribution in [3.63, 3.8) is 0 Å². The molecule has 1 nitrogen and oxygen atoms in total. The Morgan fingerprint density at radius 3 is 2.62 bits per heavy atom. The Morgan fingerprint density at radius 1 is 0.952 bits per heavy atom. The zero-order valence-electron chi connectivity index (χ0n) is 12.2. The summed E-state index contributed by atoms with van der Waals surface area (Å²) >= 11 is 0. The number of hydrogen-bond acceptors (Lipinski definition) is 1. The van der Waals surface area contributed by atoms with Crippen molar-refractivity contribution in [2.24, 2.45) is 0 Å². The van der Waals surface area contributed by atoms with Gasteiger partial charge in [-0.25, -0.2) is 0 Å². The smallest absolute Gasteiger partial charge is 0.139 e. The number of rotatable bonds is 0. The van der Waals surface area contributed by atoms with Gasteiger partial charge < -0.3 is 4.42 Å². The monoisotopic (exact) mass is 272 g/mol. The maximum atomic E-state index is 6.22. The standard InChI is InChI=1S/C20H16O/c1-20(2)15-9-5-3-8-13(15)18-16(20)11-14-12-7-4-6-10-17(12)21-19(14)18/h3-10H,11H2,1-2H3. The number of fused-ring (bicyclic) bond motifs is 6. The first kappa shape index (κ1) is 11.4. The van der Waals surface area contributed by atoms with Crippen molar-refractivity contribution in [1.29, 1.82) is 0 Å². The predicted octanol–water partition coefficient (Wildman–Crippen LogP) is 5.08. The summed E-state index contributed by atoms with van der Waals surface area (Å²) in [5.41, 5.74) is 8.14. The Hall–Kier alpha value is -2.28. The Kier molecular flexibility index (Phi) is 1.89. The summed E-state index contributed by atoms with van der Waals surface area (Å²) in [6, 6.07) is 17.2. The molecule has 0 N–H and O–H groups in total. The van der Waals surface area contributed by atoms with Gasteiger partial charge in [0.25, 0.3) is 0 Å². The van der Waals surface area contributed by atoms with Gasteiger partial charge in [0.15, 0.2) is 0 Å². The summed E-state index contributed by atoms with van der Waals surface area (Å²) in [4.78, 5) is 0. The second-order valence-electron chi connectivity index (χ2n) is 6.61. The third kappa shape index (κ3) is 1.23. The third-order valence-electron chi connectivity index (χ3n) is 5.20. The van der Waals surface area contributed by atoms with Gasteiger partial charge >= 0.3 is 0 Å². The van der Waals surface area contributed by atoms with Gasteiger partial charge in [-0.2, -0.15) is 0 Å². The lowest BCUT2D eigenvalue weighted by molar-refractivity contribution is 0.599. The van der Waals surface area contributed by atoms with E-state index in [0.717, 1.165) is 17.8 Å². The second kappa shape index (κ2) is 3.48. The highest BCUT2D eigenvalue weighted by molar-refractivity contribution is 5.98. The van der Waals surface area contributed by atoms with Crippen LogP contribution in [0, 0.1) is 0 Å². The van der Waals surface area contributed by atoms with Crippen molar-refractivity contribution in [2.45, 2.75) is 25.7 Å². The van der Waals surface area contributed by atoms with E-state index in [1.807, 2.05) is 6.07 Å². The first-order valence-corrected chi connectivity index (χ1v) is 7.52. The van der Waals surface area contributed by atoms with Crippen molar-refractivity contribution in [3.05, 3.63) is 76.6 Å². The van der Waals surface area contributed by atoms with Crippen LogP contribution in [0.25, 0.3) is 16.5 Å². The van der Waals surface area contributed by atoms with Crippen molar-refractivity contribution in [3.8, 4) is 0 Å². The summed E-state index contributed by atoms with van der Waals surface area (Å²) < 4.78 is 6.22. The Labute approximate surface area is 123 Å². The van der Waals surface area contributed by atoms with Gasteiger partial charge in [-0.3, -0.25) is 0 Å². The number of furan rings is 1. The van der Waals surface area contributed by atoms with Gasteiger partial charge in [-0.15, -0.1) is 0 Å². The van der Waals surface area contributed by atoms with Crippen LogP contribution in [0.3, 0.4) is 0 Å². The Balaban J connectivity index is 1.86. The van der Waals surface area contributed by atoms with Crippen LogP contribution in [-0.2, 0) is 11.8 Å².